The minimum absolute atomic E-state index is 0.522. The van der Waals surface area contributed by atoms with Crippen LogP contribution in [0.15, 0.2) is 66.7 Å². The van der Waals surface area contributed by atoms with Gasteiger partial charge in [-0.3, -0.25) is 0 Å². The van der Waals surface area contributed by atoms with Crippen molar-refractivity contribution in [3.8, 4) is 16.9 Å². The molecule has 1 unspecified atom stereocenters. The first-order valence-electron chi connectivity index (χ1n) is 11.2. The summed E-state index contributed by atoms with van der Waals surface area (Å²) >= 11 is 0. The van der Waals surface area contributed by atoms with Crippen LogP contribution in [0.2, 0.25) is 0 Å². The van der Waals surface area contributed by atoms with E-state index < -0.39 is 16.8 Å². The van der Waals surface area contributed by atoms with E-state index in [1.807, 2.05) is 36.4 Å². The highest BCUT2D eigenvalue weighted by Gasteiger charge is 2.17. The number of para-hydroxylation sites is 1. The molecule has 170 valence electrons. The monoisotopic (exact) mass is 470 g/mol. The van der Waals surface area contributed by atoms with Gasteiger partial charge in [-0.25, -0.2) is 0 Å². The van der Waals surface area contributed by atoms with Crippen LogP contribution in [-0.2, 0) is 12.8 Å². The van der Waals surface area contributed by atoms with Crippen molar-refractivity contribution in [2.75, 3.05) is 0 Å². The zero-order valence-corrected chi connectivity index (χ0v) is 20.5. The van der Waals surface area contributed by atoms with Crippen LogP contribution in [0.25, 0.3) is 11.1 Å². The second kappa shape index (κ2) is 12.4. The Hall–Kier alpha value is -1.80. The normalized spacial score (nSPS) is 12.2. The maximum absolute atomic E-state index is 10.9. The van der Waals surface area contributed by atoms with Gasteiger partial charge in [0.1, 0.15) is 5.75 Å². The zero-order chi connectivity index (χ0) is 22.9. The van der Waals surface area contributed by atoms with Crippen LogP contribution < -0.4 is 15.1 Å². The highest BCUT2D eigenvalue weighted by atomic mass is 31.2. The Kier molecular flexibility index (Phi) is 9.66. The van der Waals surface area contributed by atoms with E-state index in [2.05, 4.69) is 32.0 Å². The van der Waals surface area contributed by atoms with Gasteiger partial charge in [0.05, 0.1) is 0 Å². The SMILES string of the molecule is CCCCc1cccc(CCCC)c1OP(O)c1ccc(-c2ccc(P(O)O)cc2)cc1. The highest BCUT2D eigenvalue weighted by molar-refractivity contribution is 7.55. The summed E-state index contributed by atoms with van der Waals surface area (Å²) in [5.74, 6) is 0.854. The van der Waals surface area contributed by atoms with Crippen molar-refractivity contribution >= 4 is 27.4 Å². The molecule has 6 heteroatoms. The van der Waals surface area contributed by atoms with E-state index in [4.69, 9.17) is 4.52 Å². The molecule has 0 amide bonds. The first-order valence-corrected chi connectivity index (χ1v) is 13.7. The van der Waals surface area contributed by atoms with Crippen molar-refractivity contribution in [1.29, 1.82) is 0 Å². The molecule has 3 rings (SSSR count). The average Bonchev–Trinajstić information content (AvgIpc) is 2.82. The van der Waals surface area contributed by atoms with E-state index in [9.17, 15) is 14.7 Å². The van der Waals surface area contributed by atoms with Gasteiger partial charge >= 0.3 is 0 Å². The molecule has 0 aliphatic heterocycles. The molecule has 0 saturated heterocycles. The lowest BCUT2D eigenvalue weighted by Gasteiger charge is -2.19. The standard InChI is InChI=1S/C26H32O4P2/c1-3-5-8-22-10-7-11-23(9-6-4-2)26(22)30-32(29)25-18-14-21(15-19-25)20-12-16-24(17-13-20)31(27)28/h7,10-19,27-29H,3-6,8-9H2,1-2H3. The fourth-order valence-electron chi connectivity index (χ4n) is 3.59. The number of rotatable bonds is 11. The van der Waals surface area contributed by atoms with Crippen molar-refractivity contribution in [3.63, 3.8) is 0 Å². The van der Waals surface area contributed by atoms with Gasteiger partial charge in [-0.05, 0) is 72.2 Å². The maximum atomic E-state index is 10.9. The summed E-state index contributed by atoms with van der Waals surface area (Å²) < 4.78 is 6.21. The van der Waals surface area contributed by atoms with Gasteiger partial charge in [0.25, 0.3) is 8.38 Å². The summed E-state index contributed by atoms with van der Waals surface area (Å²) in [4.78, 5) is 29.6. The zero-order valence-electron chi connectivity index (χ0n) is 18.7. The van der Waals surface area contributed by atoms with Crippen LogP contribution >= 0.6 is 16.8 Å². The number of hydrogen-bond acceptors (Lipinski definition) is 4. The predicted octanol–water partition coefficient (Wildman–Crippen LogP) is 5.97. The third kappa shape index (κ3) is 6.61. The van der Waals surface area contributed by atoms with Gasteiger partial charge in [0.15, 0.2) is 8.38 Å². The van der Waals surface area contributed by atoms with E-state index in [1.165, 1.54) is 11.1 Å². The third-order valence-corrected chi connectivity index (χ3v) is 7.33. The first kappa shape index (κ1) is 24.8. The molecule has 0 bridgehead atoms. The van der Waals surface area contributed by atoms with E-state index >= 15 is 0 Å². The molecular weight excluding hydrogens is 438 g/mol. The van der Waals surface area contributed by atoms with Crippen molar-refractivity contribution in [2.24, 2.45) is 0 Å². The van der Waals surface area contributed by atoms with E-state index in [-0.39, 0.29) is 0 Å². The topological polar surface area (TPSA) is 69.9 Å². The molecule has 0 radical (unpaired) electrons. The molecule has 0 fully saturated rings. The Labute approximate surface area is 193 Å². The van der Waals surface area contributed by atoms with Crippen molar-refractivity contribution < 1.29 is 19.2 Å². The second-order valence-corrected chi connectivity index (χ2v) is 10.2. The van der Waals surface area contributed by atoms with E-state index in [1.54, 1.807) is 12.1 Å². The lowest BCUT2D eigenvalue weighted by molar-refractivity contribution is 0.489. The first-order chi connectivity index (χ1) is 15.5. The average molecular weight is 470 g/mol. The quantitative estimate of drug-likeness (QED) is 0.302. The Morgan fingerprint density at radius 3 is 1.56 bits per heavy atom. The van der Waals surface area contributed by atoms with Gasteiger partial charge in [0.2, 0.25) is 0 Å². The third-order valence-electron chi connectivity index (χ3n) is 5.47. The lowest BCUT2D eigenvalue weighted by atomic mass is 10.0. The van der Waals surface area contributed by atoms with Crippen LogP contribution in [0.3, 0.4) is 0 Å². The van der Waals surface area contributed by atoms with Crippen LogP contribution in [-0.4, -0.2) is 14.7 Å². The van der Waals surface area contributed by atoms with Crippen molar-refractivity contribution in [3.05, 3.63) is 77.9 Å². The molecule has 0 aliphatic rings. The minimum Gasteiger partial charge on any atom is -0.443 e. The molecule has 3 N–H and O–H groups in total. The highest BCUT2D eigenvalue weighted by Crippen LogP contribution is 2.39. The van der Waals surface area contributed by atoms with Crippen LogP contribution in [0.5, 0.6) is 5.75 Å². The van der Waals surface area contributed by atoms with Gasteiger partial charge < -0.3 is 19.2 Å². The number of benzene rings is 3. The molecule has 0 aliphatic carbocycles. The second-order valence-electron chi connectivity index (χ2n) is 7.86. The van der Waals surface area contributed by atoms with Crippen LogP contribution in [0.1, 0.15) is 50.7 Å². The van der Waals surface area contributed by atoms with Gasteiger partial charge in [-0.15, -0.1) is 0 Å². The molecule has 1 atom stereocenters. The van der Waals surface area contributed by atoms with Crippen molar-refractivity contribution in [2.45, 2.75) is 52.4 Å². The summed E-state index contributed by atoms with van der Waals surface area (Å²) in [6.07, 6.45) is 6.33. The van der Waals surface area contributed by atoms with E-state index in [0.717, 1.165) is 60.7 Å². The summed E-state index contributed by atoms with van der Waals surface area (Å²) in [5.41, 5.74) is 4.32. The maximum Gasteiger partial charge on any atom is 0.262 e. The summed E-state index contributed by atoms with van der Waals surface area (Å²) in [6, 6.07) is 21.2. The number of unbranched alkanes of at least 4 members (excludes halogenated alkanes) is 2. The smallest absolute Gasteiger partial charge is 0.262 e. The molecular formula is C26H32O4P2. The molecule has 32 heavy (non-hydrogen) atoms. The molecule has 0 saturated carbocycles. The van der Waals surface area contributed by atoms with Crippen LogP contribution in [0, 0.1) is 0 Å². The Morgan fingerprint density at radius 1 is 0.656 bits per heavy atom. The Bertz CT molecular complexity index is 946. The molecule has 4 nitrogen and oxygen atoms in total. The Balaban J connectivity index is 1.78. The molecule has 0 heterocycles. The van der Waals surface area contributed by atoms with Gasteiger partial charge in [-0.1, -0.05) is 69.2 Å². The fourth-order valence-corrected chi connectivity index (χ4v) is 4.92. The number of aryl methyl sites for hydroxylation is 2. The molecule has 0 aromatic heterocycles. The van der Waals surface area contributed by atoms with Crippen LogP contribution in [0.4, 0.5) is 0 Å². The molecule has 0 spiro atoms. The van der Waals surface area contributed by atoms with Crippen molar-refractivity contribution in [1.82, 2.24) is 0 Å². The molecule has 3 aromatic rings. The van der Waals surface area contributed by atoms with Gasteiger partial charge in [0, 0.05) is 10.6 Å². The largest absolute Gasteiger partial charge is 0.443 e. The summed E-state index contributed by atoms with van der Waals surface area (Å²) in [7, 11) is -3.85. The summed E-state index contributed by atoms with van der Waals surface area (Å²) in [5, 5.41) is 1.29. The lowest BCUT2D eigenvalue weighted by Crippen LogP contribution is -2.07. The molecule has 3 aromatic carbocycles. The Morgan fingerprint density at radius 2 is 1.12 bits per heavy atom. The number of hydrogen-bond donors (Lipinski definition) is 3. The summed E-state index contributed by atoms with van der Waals surface area (Å²) in [6.45, 7) is 4.37. The van der Waals surface area contributed by atoms with E-state index in [0.29, 0.717) is 5.30 Å². The predicted molar refractivity (Wildman–Crippen MR) is 136 cm³/mol. The minimum atomic E-state index is -2.08. The fraction of sp³-hybridized carbons (Fsp3) is 0.308. The van der Waals surface area contributed by atoms with Gasteiger partial charge in [-0.2, -0.15) is 0 Å².